The van der Waals surface area contributed by atoms with Crippen molar-refractivity contribution < 1.29 is 17.9 Å². The quantitative estimate of drug-likeness (QED) is 0.448. The minimum absolute atomic E-state index is 0.246. The summed E-state index contributed by atoms with van der Waals surface area (Å²) < 4.78 is 30.9. The van der Waals surface area contributed by atoms with Gasteiger partial charge in [-0.15, -0.1) is 0 Å². The van der Waals surface area contributed by atoms with Gasteiger partial charge >= 0.3 is 0 Å². The molecule has 2 aromatic rings. The summed E-state index contributed by atoms with van der Waals surface area (Å²) in [6, 6.07) is 8.91. The molecule has 0 radical (unpaired) electrons. The molecule has 0 aromatic heterocycles. The minimum atomic E-state index is -3.74. The third kappa shape index (κ3) is 7.08. The number of anilines is 1. The van der Waals surface area contributed by atoms with Crippen LogP contribution in [0.4, 0.5) is 5.69 Å². The van der Waals surface area contributed by atoms with E-state index in [-0.39, 0.29) is 10.7 Å². The Hall–Kier alpha value is -1.32. The number of hydrogen-bond acceptors (Lipinski definition) is 5. The van der Waals surface area contributed by atoms with Crippen molar-refractivity contribution in [3.05, 3.63) is 57.0 Å². The molecule has 11 heteroatoms. The van der Waals surface area contributed by atoms with Crippen LogP contribution in [0, 0.1) is 0 Å². The fraction of sp³-hybridized carbons (Fsp3) is 0.350. The molecular weight excluding hydrogens is 503 g/mol. The molecule has 0 saturated heterocycles. The molecule has 2 aromatic carbocycles. The summed E-state index contributed by atoms with van der Waals surface area (Å²) >= 11 is 20.0. The maximum Gasteiger partial charge on any atom is 0.243 e. The second kappa shape index (κ2) is 11.5. The molecule has 1 atom stereocenters. The van der Waals surface area contributed by atoms with E-state index < -0.39 is 22.0 Å². The lowest BCUT2D eigenvalue weighted by molar-refractivity contribution is -0.121. The second-order valence-corrected chi connectivity index (χ2v) is 10.8. The highest BCUT2D eigenvalue weighted by Gasteiger charge is 2.29. The predicted molar refractivity (Wildman–Crippen MR) is 130 cm³/mol. The first-order valence-corrected chi connectivity index (χ1v) is 13.3. The highest BCUT2D eigenvalue weighted by atomic mass is 35.5. The highest BCUT2D eigenvalue weighted by Crippen LogP contribution is 2.31. The lowest BCUT2D eigenvalue weighted by Gasteiger charge is -2.28. The summed E-state index contributed by atoms with van der Waals surface area (Å²) in [4.78, 5) is 12.6. The fourth-order valence-corrected chi connectivity index (χ4v) is 5.85. The largest absolute Gasteiger partial charge is 0.495 e. The number of carbonyl (C=O) groups is 1. The molecule has 6 nitrogen and oxygen atoms in total. The van der Waals surface area contributed by atoms with E-state index in [0.29, 0.717) is 33.8 Å². The molecule has 0 heterocycles. The van der Waals surface area contributed by atoms with E-state index in [2.05, 4.69) is 5.32 Å². The number of sulfonamides is 1. The minimum Gasteiger partial charge on any atom is -0.495 e. The number of thioether (sulfide) groups is 1. The molecule has 0 spiro atoms. The van der Waals surface area contributed by atoms with E-state index in [4.69, 9.17) is 39.5 Å². The van der Waals surface area contributed by atoms with Gasteiger partial charge in [0.2, 0.25) is 15.9 Å². The van der Waals surface area contributed by atoms with Crippen LogP contribution in [-0.4, -0.2) is 46.0 Å². The molecule has 2 rings (SSSR count). The van der Waals surface area contributed by atoms with Crippen LogP contribution in [0.3, 0.4) is 0 Å². The van der Waals surface area contributed by atoms with Crippen molar-refractivity contribution in [2.75, 3.05) is 30.0 Å². The zero-order valence-corrected chi connectivity index (χ0v) is 21.1. The van der Waals surface area contributed by atoms with Crippen molar-refractivity contribution in [3.63, 3.8) is 0 Å². The number of benzene rings is 2. The topological polar surface area (TPSA) is 75.7 Å². The molecule has 0 aliphatic rings. The van der Waals surface area contributed by atoms with Crippen LogP contribution < -0.4 is 14.4 Å². The average molecular weight is 526 g/mol. The SMILES string of the molecule is COc1ccc(N([C@H](C)C(=O)NCCSCc2c(Cl)cccc2Cl)S(C)(=O)=O)cc1Cl. The van der Waals surface area contributed by atoms with Gasteiger partial charge in [0.15, 0.2) is 0 Å². The first kappa shape index (κ1) is 25.9. The standard InChI is InChI=1S/C20H23Cl3N2O4S2/c1-13(25(31(3,27)28)14-7-8-19(29-2)18(23)11-14)20(26)24-9-10-30-12-15-16(21)5-4-6-17(15)22/h4-8,11,13H,9-10,12H2,1-3H3,(H,24,26)/t13-/m1/s1. The van der Waals surface area contributed by atoms with Gasteiger partial charge in [0.1, 0.15) is 11.8 Å². The normalized spacial score (nSPS) is 12.3. The van der Waals surface area contributed by atoms with Gasteiger partial charge in [-0.1, -0.05) is 40.9 Å². The van der Waals surface area contributed by atoms with Crippen LogP contribution in [-0.2, 0) is 20.6 Å². The van der Waals surface area contributed by atoms with Crippen molar-refractivity contribution >= 4 is 68.2 Å². The van der Waals surface area contributed by atoms with E-state index in [1.807, 2.05) is 0 Å². The first-order valence-electron chi connectivity index (χ1n) is 9.17. The third-order valence-corrected chi connectivity index (χ3v) is 7.56. The lowest BCUT2D eigenvalue weighted by atomic mass is 10.2. The monoisotopic (exact) mass is 524 g/mol. The average Bonchev–Trinajstić information content (AvgIpc) is 2.68. The summed E-state index contributed by atoms with van der Waals surface area (Å²) in [5.74, 6) is 1.19. The summed E-state index contributed by atoms with van der Waals surface area (Å²) in [6.45, 7) is 1.88. The zero-order chi connectivity index (χ0) is 23.2. The number of nitrogens with zero attached hydrogens (tertiary/aromatic N) is 1. The van der Waals surface area contributed by atoms with Crippen molar-refractivity contribution in [2.45, 2.75) is 18.7 Å². The Morgan fingerprint density at radius 3 is 2.35 bits per heavy atom. The first-order chi connectivity index (χ1) is 14.6. The molecule has 1 N–H and O–H groups in total. The Morgan fingerprint density at radius 1 is 1.16 bits per heavy atom. The maximum atomic E-state index is 12.6. The molecule has 170 valence electrons. The van der Waals surface area contributed by atoms with E-state index in [9.17, 15) is 13.2 Å². The van der Waals surface area contributed by atoms with Crippen molar-refractivity contribution in [3.8, 4) is 5.75 Å². The van der Waals surface area contributed by atoms with Gasteiger partial charge in [0, 0.05) is 28.1 Å². The number of rotatable bonds is 10. The third-order valence-electron chi connectivity index (χ3n) is 4.33. The van der Waals surface area contributed by atoms with Crippen molar-refractivity contribution in [2.24, 2.45) is 0 Å². The van der Waals surface area contributed by atoms with Gasteiger partial charge < -0.3 is 10.1 Å². The van der Waals surface area contributed by atoms with Gasteiger partial charge in [-0.05, 0) is 42.8 Å². The smallest absolute Gasteiger partial charge is 0.243 e. The Bertz CT molecular complexity index is 1010. The fourth-order valence-electron chi connectivity index (χ4n) is 2.84. The van der Waals surface area contributed by atoms with Gasteiger partial charge in [-0.3, -0.25) is 9.10 Å². The Kier molecular flexibility index (Phi) is 9.64. The van der Waals surface area contributed by atoms with Gasteiger partial charge in [-0.25, -0.2) is 8.42 Å². The Morgan fingerprint density at radius 2 is 1.81 bits per heavy atom. The lowest BCUT2D eigenvalue weighted by Crippen LogP contribution is -2.48. The van der Waals surface area contributed by atoms with E-state index >= 15 is 0 Å². The van der Waals surface area contributed by atoms with Gasteiger partial charge in [-0.2, -0.15) is 11.8 Å². The number of nitrogens with one attached hydrogen (secondary N) is 1. The number of methoxy groups -OCH3 is 1. The summed E-state index contributed by atoms with van der Waals surface area (Å²) in [7, 11) is -2.28. The van der Waals surface area contributed by atoms with Crippen LogP contribution >= 0.6 is 46.6 Å². The van der Waals surface area contributed by atoms with E-state index in [0.717, 1.165) is 16.1 Å². The molecular formula is C20H23Cl3N2O4S2. The molecule has 0 unspecified atom stereocenters. The Balaban J connectivity index is 1.98. The summed E-state index contributed by atoms with van der Waals surface area (Å²) in [6.07, 6.45) is 1.04. The van der Waals surface area contributed by atoms with Crippen LogP contribution in [0.2, 0.25) is 15.1 Å². The number of halogens is 3. The summed E-state index contributed by atoms with van der Waals surface area (Å²) in [5, 5.41) is 4.21. The van der Waals surface area contributed by atoms with Crippen molar-refractivity contribution in [1.29, 1.82) is 0 Å². The molecule has 0 bridgehead atoms. The number of hydrogen-bond donors (Lipinski definition) is 1. The molecule has 0 aliphatic heterocycles. The van der Waals surface area contributed by atoms with E-state index in [1.54, 1.807) is 42.1 Å². The van der Waals surface area contributed by atoms with Crippen LogP contribution in [0.25, 0.3) is 0 Å². The molecule has 0 aliphatic carbocycles. The second-order valence-electron chi connectivity index (χ2n) is 6.60. The molecule has 31 heavy (non-hydrogen) atoms. The molecule has 1 amide bonds. The maximum absolute atomic E-state index is 12.6. The van der Waals surface area contributed by atoms with Crippen LogP contribution in [0.15, 0.2) is 36.4 Å². The van der Waals surface area contributed by atoms with Gasteiger partial charge in [0.05, 0.1) is 24.1 Å². The number of ether oxygens (including phenoxy) is 1. The molecule has 0 saturated carbocycles. The molecule has 0 fully saturated rings. The predicted octanol–water partition coefficient (Wildman–Crippen LogP) is 4.86. The Labute approximate surface area is 202 Å². The van der Waals surface area contributed by atoms with Crippen molar-refractivity contribution in [1.82, 2.24) is 5.32 Å². The van der Waals surface area contributed by atoms with Gasteiger partial charge in [0.25, 0.3) is 0 Å². The number of carbonyl (C=O) groups excluding carboxylic acids is 1. The van der Waals surface area contributed by atoms with Crippen LogP contribution in [0.5, 0.6) is 5.75 Å². The summed E-state index contributed by atoms with van der Waals surface area (Å²) in [5.41, 5.74) is 1.12. The van der Waals surface area contributed by atoms with E-state index in [1.165, 1.54) is 20.1 Å². The zero-order valence-electron chi connectivity index (χ0n) is 17.2. The van der Waals surface area contributed by atoms with Crippen LogP contribution in [0.1, 0.15) is 12.5 Å². The highest BCUT2D eigenvalue weighted by molar-refractivity contribution is 7.98. The number of amides is 1.